The fourth-order valence-corrected chi connectivity index (χ4v) is 8.10. The Labute approximate surface area is 339 Å². The Kier molecular flexibility index (Phi) is 25.0. The minimum Gasteiger partial charge on any atom is -0.496 e. The number of hydrogen-bond donors (Lipinski definition) is 0. The first-order chi connectivity index (χ1) is 27.1. The number of ether oxygens (including phenoxy) is 4. The van der Waals surface area contributed by atoms with Crippen LogP contribution in [0.15, 0.2) is 24.3 Å². The van der Waals surface area contributed by atoms with Crippen LogP contribution in [0.25, 0.3) is 0 Å². The summed E-state index contributed by atoms with van der Waals surface area (Å²) >= 11 is 0. The first kappa shape index (κ1) is 46.6. The monoisotopic (exact) mass is 765 g/mol. The summed E-state index contributed by atoms with van der Waals surface area (Å²) in [6.07, 6.45) is 31.9. The van der Waals surface area contributed by atoms with Crippen LogP contribution in [-0.2, 0) is 6.42 Å². The van der Waals surface area contributed by atoms with Crippen molar-refractivity contribution in [3.05, 3.63) is 35.4 Å². The van der Waals surface area contributed by atoms with E-state index in [0.29, 0.717) is 19.6 Å². The Bertz CT molecular complexity index is 1140. The van der Waals surface area contributed by atoms with E-state index in [-0.39, 0.29) is 0 Å². The van der Waals surface area contributed by atoms with Gasteiger partial charge in [0.05, 0.1) is 14.2 Å². The molecule has 6 nitrogen and oxygen atoms in total. The summed E-state index contributed by atoms with van der Waals surface area (Å²) in [4.78, 5) is 5.19. The van der Waals surface area contributed by atoms with Crippen molar-refractivity contribution in [1.82, 2.24) is 0 Å². The third-order valence-corrected chi connectivity index (χ3v) is 11.6. The summed E-state index contributed by atoms with van der Waals surface area (Å²) in [5.41, 5.74) is 4.55. The molecule has 0 amide bonds. The molecule has 0 N–H and O–H groups in total. The summed E-state index contributed by atoms with van der Waals surface area (Å²) in [5.74, 6) is 3.58. The summed E-state index contributed by atoms with van der Waals surface area (Å²) in [7, 11) is 3.61. The lowest BCUT2D eigenvalue weighted by atomic mass is 9.99. The van der Waals surface area contributed by atoms with Crippen LogP contribution in [0, 0.1) is 0 Å². The summed E-state index contributed by atoms with van der Waals surface area (Å²) in [6.45, 7) is 14.4. The predicted octanol–water partition coefficient (Wildman–Crippen LogP) is 14.1. The van der Waals surface area contributed by atoms with Crippen molar-refractivity contribution < 1.29 is 18.9 Å². The second-order valence-electron chi connectivity index (χ2n) is 16.2. The smallest absolute Gasteiger partial charge is 0.128 e. The Morgan fingerprint density at radius 1 is 0.418 bits per heavy atom. The molecule has 3 rings (SSSR count). The Morgan fingerprint density at radius 2 is 0.709 bits per heavy atom. The molecule has 1 aliphatic rings. The average Bonchev–Trinajstić information content (AvgIpc) is 3.29. The molecule has 2 aromatic carbocycles. The maximum atomic E-state index is 6.57. The molecule has 0 aromatic heterocycles. The zero-order valence-electron chi connectivity index (χ0n) is 36.8. The van der Waals surface area contributed by atoms with Crippen LogP contribution < -0.4 is 28.7 Å². The molecule has 1 aliphatic heterocycles. The largest absolute Gasteiger partial charge is 0.496 e. The average molecular weight is 765 g/mol. The van der Waals surface area contributed by atoms with E-state index in [2.05, 4.69) is 61.8 Å². The molecule has 0 aliphatic carbocycles. The van der Waals surface area contributed by atoms with Gasteiger partial charge in [-0.15, -0.1) is 0 Å². The van der Waals surface area contributed by atoms with Crippen LogP contribution in [0.1, 0.15) is 193 Å². The fraction of sp³-hybridized carbons (Fsp3) is 0.755. The predicted molar refractivity (Wildman–Crippen MR) is 238 cm³/mol. The highest BCUT2D eigenvalue weighted by Gasteiger charge is 2.24. The lowest BCUT2D eigenvalue weighted by Crippen LogP contribution is -2.26. The highest BCUT2D eigenvalue weighted by atomic mass is 16.5. The Balaban J connectivity index is 1.88. The van der Waals surface area contributed by atoms with Crippen LogP contribution in [0.3, 0.4) is 0 Å². The van der Waals surface area contributed by atoms with Crippen molar-refractivity contribution in [3.63, 3.8) is 0 Å². The number of rotatable bonds is 32. The van der Waals surface area contributed by atoms with Crippen molar-refractivity contribution in [2.45, 2.75) is 188 Å². The van der Waals surface area contributed by atoms with Gasteiger partial charge in [-0.1, -0.05) is 156 Å². The molecule has 0 fully saturated rings. The van der Waals surface area contributed by atoms with Gasteiger partial charge in [-0.05, 0) is 25.7 Å². The van der Waals surface area contributed by atoms with Crippen molar-refractivity contribution in [2.24, 2.45) is 0 Å². The van der Waals surface area contributed by atoms with Crippen molar-refractivity contribution >= 4 is 11.4 Å². The molecule has 0 radical (unpaired) electrons. The maximum absolute atomic E-state index is 6.57. The van der Waals surface area contributed by atoms with Gasteiger partial charge in [-0.2, -0.15) is 0 Å². The van der Waals surface area contributed by atoms with Crippen LogP contribution in [0.2, 0.25) is 0 Å². The molecule has 0 unspecified atom stereocenters. The second-order valence-corrected chi connectivity index (χ2v) is 16.2. The lowest BCUT2D eigenvalue weighted by molar-refractivity contribution is 0.217. The third-order valence-electron chi connectivity index (χ3n) is 11.6. The number of methoxy groups -OCH3 is 2. The third kappa shape index (κ3) is 17.5. The highest BCUT2D eigenvalue weighted by Crippen LogP contribution is 2.43. The van der Waals surface area contributed by atoms with Crippen molar-refractivity contribution in [2.75, 3.05) is 63.4 Å². The molecule has 0 spiro atoms. The quantitative estimate of drug-likeness (QED) is 0.0691. The molecular weight excluding hydrogens is 681 g/mol. The van der Waals surface area contributed by atoms with Crippen LogP contribution in [0.4, 0.5) is 11.4 Å². The van der Waals surface area contributed by atoms with E-state index in [0.717, 1.165) is 60.3 Å². The zero-order valence-corrected chi connectivity index (χ0v) is 36.8. The van der Waals surface area contributed by atoms with Gasteiger partial charge in [0.2, 0.25) is 0 Å². The topological polar surface area (TPSA) is 43.4 Å². The number of nitrogens with zero attached hydrogens (tertiary/aromatic N) is 2. The standard InChI is InChI=1S/C49H84N2O4/c1-7-11-15-19-23-27-31-50(32-28-24-20-16-12-8-2)42-37-46(52-5)44-41-45-47(53-6)38-43(40-49(45)55-36-35-54-48(44)39-42)51(33-29-25-21-17-13-9-3)34-30-26-22-18-14-10-4/h37-40H,7-36,41H2,1-6H3. The van der Waals surface area contributed by atoms with E-state index < -0.39 is 0 Å². The molecule has 0 saturated carbocycles. The van der Waals surface area contributed by atoms with Gasteiger partial charge in [0.1, 0.15) is 36.2 Å². The van der Waals surface area contributed by atoms with Crippen molar-refractivity contribution in [1.29, 1.82) is 0 Å². The normalized spacial score (nSPS) is 12.5. The summed E-state index contributed by atoms with van der Waals surface area (Å²) in [5, 5.41) is 0. The first-order valence-electron chi connectivity index (χ1n) is 23.3. The molecule has 0 bridgehead atoms. The number of fused-ring (bicyclic) bond motifs is 2. The van der Waals surface area contributed by atoms with Gasteiger partial charge in [0, 0.05) is 79.4 Å². The fourth-order valence-electron chi connectivity index (χ4n) is 8.10. The van der Waals surface area contributed by atoms with Gasteiger partial charge in [-0.25, -0.2) is 0 Å². The molecule has 6 heteroatoms. The summed E-state index contributed by atoms with van der Waals surface area (Å²) in [6, 6.07) is 9.08. The van der Waals surface area contributed by atoms with E-state index in [1.54, 1.807) is 14.2 Å². The summed E-state index contributed by atoms with van der Waals surface area (Å²) < 4.78 is 25.5. The van der Waals surface area contributed by atoms with Crippen LogP contribution in [0.5, 0.6) is 23.0 Å². The van der Waals surface area contributed by atoms with Gasteiger partial charge >= 0.3 is 0 Å². The SMILES string of the molecule is CCCCCCCCN(CCCCCCCC)c1cc(OC)c2c(c1)OCCOc1cc(N(CCCCCCCC)CCCCCCCC)cc(OC)c1C2. The maximum Gasteiger partial charge on any atom is 0.128 e. The van der Waals surface area contributed by atoms with Crippen LogP contribution >= 0.6 is 0 Å². The second kappa shape index (κ2) is 29.5. The van der Waals surface area contributed by atoms with Gasteiger partial charge in [0.15, 0.2) is 0 Å². The van der Waals surface area contributed by atoms with Gasteiger partial charge < -0.3 is 28.7 Å². The molecule has 55 heavy (non-hydrogen) atoms. The molecule has 0 saturated heterocycles. The number of hydrogen-bond acceptors (Lipinski definition) is 6. The molecule has 1 heterocycles. The zero-order chi connectivity index (χ0) is 39.4. The number of benzene rings is 2. The van der Waals surface area contributed by atoms with E-state index in [1.807, 2.05) is 0 Å². The first-order valence-corrected chi connectivity index (χ1v) is 23.3. The van der Waals surface area contributed by atoms with Crippen molar-refractivity contribution in [3.8, 4) is 23.0 Å². The molecule has 0 atom stereocenters. The number of unbranched alkanes of at least 4 members (excludes halogenated alkanes) is 20. The Morgan fingerprint density at radius 3 is 1.00 bits per heavy atom. The van der Waals surface area contributed by atoms with E-state index in [1.165, 1.54) is 165 Å². The van der Waals surface area contributed by atoms with E-state index >= 15 is 0 Å². The minimum atomic E-state index is 0.486. The van der Waals surface area contributed by atoms with Crippen LogP contribution in [-0.4, -0.2) is 53.6 Å². The number of anilines is 2. The van der Waals surface area contributed by atoms with E-state index in [9.17, 15) is 0 Å². The Hall–Kier alpha value is -2.76. The van der Waals surface area contributed by atoms with Gasteiger partial charge in [0.25, 0.3) is 0 Å². The minimum absolute atomic E-state index is 0.486. The van der Waals surface area contributed by atoms with E-state index in [4.69, 9.17) is 18.9 Å². The lowest BCUT2D eigenvalue weighted by Gasteiger charge is -2.28. The molecule has 2 aromatic rings. The molecular formula is C49H84N2O4. The highest BCUT2D eigenvalue weighted by molar-refractivity contribution is 5.65. The molecule has 314 valence electrons. The van der Waals surface area contributed by atoms with Gasteiger partial charge in [-0.3, -0.25) is 0 Å².